The SMILES string of the molecule is O=C1CC[C@]2(CCCN(c3ccncc3F)C2)CN1CCCO. The molecule has 23 heavy (non-hydrogen) atoms. The minimum absolute atomic E-state index is 0.0390. The molecule has 0 aliphatic carbocycles. The maximum absolute atomic E-state index is 14.0. The van der Waals surface area contributed by atoms with E-state index in [0.29, 0.717) is 25.1 Å². The lowest BCUT2D eigenvalue weighted by atomic mass is 9.73. The van der Waals surface area contributed by atoms with E-state index in [0.717, 1.165) is 38.9 Å². The second-order valence-electron chi connectivity index (χ2n) is 6.74. The van der Waals surface area contributed by atoms with E-state index >= 15 is 0 Å². The Balaban J connectivity index is 1.74. The molecular weight excluding hydrogens is 297 g/mol. The number of rotatable bonds is 4. The van der Waals surface area contributed by atoms with Gasteiger partial charge in [-0.25, -0.2) is 4.39 Å². The molecule has 5 nitrogen and oxygen atoms in total. The summed E-state index contributed by atoms with van der Waals surface area (Å²) in [6, 6.07) is 1.73. The summed E-state index contributed by atoms with van der Waals surface area (Å²) in [5.74, 6) is -0.107. The molecule has 2 saturated heterocycles. The van der Waals surface area contributed by atoms with Gasteiger partial charge >= 0.3 is 0 Å². The number of pyridine rings is 1. The van der Waals surface area contributed by atoms with Crippen LogP contribution in [0.3, 0.4) is 0 Å². The Morgan fingerprint density at radius 3 is 3.00 bits per heavy atom. The Kier molecular flexibility index (Phi) is 4.80. The van der Waals surface area contributed by atoms with Crippen LogP contribution in [0.4, 0.5) is 10.1 Å². The lowest BCUT2D eigenvalue weighted by Crippen LogP contribution is -2.54. The third-order valence-corrected chi connectivity index (χ3v) is 5.09. The Morgan fingerprint density at radius 1 is 1.35 bits per heavy atom. The Labute approximate surface area is 136 Å². The first-order chi connectivity index (χ1) is 11.1. The van der Waals surface area contributed by atoms with Crippen molar-refractivity contribution in [1.82, 2.24) is 9.88 Å². The fourth-order valence-electron chi connectivity index (χ4n) is 3.94. The van der Waals surface area contributed by atoms with Gasteiger partial charge in [0.1, 0.15) is 0 Å². The van der Waals surface area contributed by atoms with Crippen molar-refractivity contribution >= 4 is 11.6 Å². The van der Waals surface area contributed by atoms with Crippen LogP contribution >= 0.6 is 0 Å². The van der Waals surface area contributed by atoms with Crippen molar-refractivity contribution in [2.45, 2.75) is 32.1 Å². The molecule has 3 heterocycles. The maximum Gasteiger partial charge on any atom is 0.222 e. The van der Waals surface area contributed by atoms with E-state index in [-0.39, 0.29) is 23.7 Å². The highest BCUT2D eigenvalue weighted by Crippen LogP contribution is 2.40. The number of aliphatic hydroxyl groups is 1. The van der Waals surface area contributed by atoms with Crippen molar-refractivity contribution < 1.29 is 14.3 Å². The zero-order valence-corrected chi connectivity index (χ0v) is 13.4. The summed E-state index contributed by atoms with van der Waals surface area (Å²) in [6.07, 6.45) is 6.99. The molecule has 2 aliphatic heterocycles. The first-order valence-electron chi connectivity index (χ1n) is 8.37. The quantitative estimate of drug-likeness (QED) is 0.919. The van der Waals surface area contributed by atoms with Crippen molar-refractivity contribution in [3.63, 3.8) is 0 Å². The molecule has 2 fully saturated rings. The van der Waals surface area contributed by atoms with E-state index in [1.54, 1.807) is 12.3 Å². The van der Waals surface area contributed by atoms with Crippen LogP contribution in [-0.2, 0) is 4.79 Å². The van der Waals surface area contributed by atoms with Gasteiger partial charge < -0.3 is 14.9 Å². The normalized spacial score (nSPS) is 25.2. The molecule has 1 amide bonds. The predicted octanol–water partition coefficient (Wildman–Crippen LogP) is 1.81. The largest absolute Gasteiger partial charge is 0.396 e. The minimum Gasteiger partial charge on any atom is -0.396 e. The van der Waals surface area contributed by atoms with Crippen molar-refractivity contribution in [3.8, 4) is 0 Å². The van der Waals surface area contributed by atoms with E-state index in [1.165, 1.54) is 6.20 Å². The molecular formula is C17H24FN3O2. The Bertz CT molecular complexity index is 569. The number of aliphatic hydroxyl groups excluding tert-OH is 1. The molecule has 1 aromatic rings. The standard InChI is InChI=1S/C17H24FN3O2/c18-14-11-19-7-4-15(14)20-8-1-5-17(12-20)6-3-16(23)21(13-17)9-2-10-22/h4,7,11,22H,1-3,5-6,8-10,12-13H2/t17-/m0/s1. The number of anilines is 1. The highest BCUT2D eigenvalue weighted by molar-refractivity contribution is 5.77. The Hall–Kier alpha value is -1.69. The monoisotopic (exact) mass is 321 g/mol. The van der Waals surface area contributed by atoms with Crippen LogP contribution in [0.5, 0.6) is 0 Å². The number of carbonyl (C=O) groups excluding carboxylic acids is 1. The predicted molar refractivity (Wildman–Crippen MR) is 85.6 cm³/mol. The summed E-state index contributed by atoms with van der Waals surface area (Å²) < 4.78 is 14.0. The van der Waals surface area contributed by atoms with E-state index in [4.69, 9.17) is 5.11 Å². The molecule has 0 bridgehead atoms. The van der Waals surface area contributed by atoms with Crippen molar-refractivity contribution in [3.05, 3.63) is 24.3 Å². The average molecular weight is 321 g/mol. The number of hydrogen-bond acceptors (Lipinski definition) is 4. The zero-order chi connectivity index (χ0) is 16.3. The summed E-state index contributed by atoms with van der Waals surface area (Å²) in [4.78, 5) is 19.9. The Morgan fingerprint density at radius 2 is 2.22 bits per heavy atom. The number of amides is 1. The van der Waals surface area contributed by atoms with Gasteiger partial charge in [-0.3, -0.25) is 9.78 Å². The minimum atomic E-state index is -0.284. The van der Waals surface area contributed by atoms with Gasteiger partial charge in [0.15, 0.2) is 5.82 Å². The summed E-state index contributed by atoms with van der Waals surface area (Å²) in [7, 11) is 0. The van der Waals surface area contributed by atoms with Gasteiger partial charge in [-0.05, 0) is 31.7 Å². The highest BCUT2D eigenvalue weighted by Gasteiger charge is 2.41. The summed E-state index contributed by atoms with van der Waals surface area (Å²) >= 11 is 0. The van der Waals surface area contributed by atoms with Crippen molar-refractivity contribution in [2.75, 3.05) is 37.7 Å². The molecule has 0 aromatic carbocycles. The molecule has 6 heteroatoms. The summed E-state index contributed by atoms with van der Waals surface area (Å²) in [5, 5.41) is 9.01. The van der Waals surface area contributed by atoms with Gasteiger partial charge in [0.05, 0.1) is 11.9 Å². The van der Waals surface area contributed by atoms with Crippen LogP contribution in [0.25, 0.3) is 0 Å². The van der Waals surface area contributed by atoms with Crippen LogP contribution in [0, 0.1) is 11.2 Å². The van der Waals surface area contributed by atoms with E-state index in [9.17, 15) is 9.18 Å². The molecule has 0 saturated carbocycles. The zero-order valence-electron chi connectivity index (χ0n) is 13.4. The smallest absolute Gasteiger partial charge is 0.222 e. The summed E-state index contributed by atoms with van der Waals surface area (Å²) in [6.45, 7) is 3.05. The lowest BCUT2D eigenvalue weighted by molar-refractivity contribution is -0.138. The second kappa shape index (κ2) is 6.83. The van der Waals surface area contributed by atoms with E-state index < -0.39 is 0 Å². The number of likely N-dealkylation sites (tertiary alicyclic amines) is 1. The number of carbonyl (C=O) groups is 1. The van der Waals surface area contributed by atoms with Crippen LogP contribution < -0.4 is 4.90 Å². The van der Waals surface area contributed by atoms with Crippen LogP contribution in [0.15, 0.2) is 18.5 Å². The average Bonchev–Trinajstić information content (AvgIpc) is 2.56. The molecule has 1 N–H and O–H groups in total. The van der Waals surface area contributed by atoms with Gasteiger partial charge in [0.2, 0.25) is 5.91 Å². The maximum atomic E-state index is 14.0. The number of nitrogens with zero attached hydrogens (tertiary/aromatic N) is 3. The molecule has 1 atom stereocenters. The van der Waals surface area contributed by atoms with E-state index in [1.807, 2.05) is 4.90 Å². The van der Waals surface area contributed by atoms with Crippen LogP contribution in [0.2, 0.25) is 0 Å². The first kappa shape index (κ1) is 16.2. The van der Waals surface area contributed by atoms with Gasteiger partial charge in [-0.1, -0.05) is 0 Å². The highest BCUT2D eigenvalue weighted by atomic mass is 19.1. The first-order valence-corrected chi connectivity index (χ1v) is 8.37. The molecule has 0 radical (unpaired) electrons. The van der Waals surface area contributed by atoms with Gasteiger partial charge in [0.25, 0.3) is 0 Å². The molecule has 126 valence electrons. The molecule has 1 spiro atoms. The lowest BCUT2D eigenvalue weighted by Gasteiger charge is -2.49. The molecule has 1 aromatic heterocycles. The molecule has 2 aliphatic rings. The number of aromatic nitrogens is 1. The van der Waals surface area contributed by atoms with Gasteiger partial charge in [0, 0.05) is 50.8 Å². The van der Waals surface area contributed by atoms with Crippen LogP contribution in [-0.4, -0.2) is 53.7 Å². The second-order valence-corrected chi connectivity index (χ2v) is 6.74. The van der Waals surface area contributed by atoms with Gasteiger partial charge in [-0.15, -0.1) is 0 Å². The molecule has 0 unspecified atom stereocenters. The van der Waals surface area contributed by atoms with Crippen LogP contribution in [0.1, 0.15) is 32.1 Å². The number of hydrogen-bond donors (Lipinski definition) is 1. The third kappa shape index (κ3) is 3.47. The van der Waals surface area contributed by atoms with E-state index in [2.05, 4.69) is 9.88 Å². The van der Waals surface area contributed by atoms with Crippen molar-refractivity contribution in [2.24, 2.45) is 5.41 Å². The third-order valence-electron chi connectivity index (χ3n) is 5.09. The fraction of sp³-hybridized carbons (Fsp3) is 0.647. The fourth-order valence-corrected chi connectivity index (χ4v) is 3.94. The number of halogens is 1. The van der Waals surface area contributed by atoms with Crippen molar-refractivity contribution in [1.29, 1.82) is 0 Å². The molecule has 3 rings (SSSR count). The topological polar surface area (TPSA) is 56.7 Å². The number of piperidine rings is 2. The summed E-state index contributed by atoms with van der Waals surface area (Å²) in [5.41, 5.74) is 0.648. The van der Waals surface area contributed by atoms with Gasteiger partial charge in [-0.2, -0.15) is 0 Å².